The summed E-state index contributed by atoms with van der Waals surface area (Å²) in [5.41, 5.74) is 1.50. The second-order valence-electron chi connectivity index (χ2n) is 4.81. The number of rotatable bonds is 6. The van der Waals surface area contributed by atoms with Crippen LogP contribution in [0.5, 0.6) is 0 Å². The van der Waals surface area contributed by atoms with Crippen LogP contribution in [0.3, 0.4) is 0 Å². The molecule has 0 aromatic heterocycles. The number of aliphatic carboxylic acids is 1. The van der Waals surface area contributed by atoms with E-state index in [1.54, 1.807) is 6.07 Å². The third kappa shape index (κ3) is 3.25. The molecule has 1 rings (SSSR count). The van der Waals surface area contributed by atoms with Crippen molar-refractivity contribution in [1.82, 2.24) is 0 Å². The fraction of sp³-hybridized carbons (Fsp3) is 0.467. The Bertz CT molecular complexity index is 499. The number of carboxylic acids is 1. The second-order valence-corrected chi connectivity index (χ2v) is 4.81. The normalized spacial score (nSPS) is 10.8. The molecular formula is C15H20N2O2. The van der Waals surface area contributed by atoms with E-state index in [0.29, 0.717) is 30.6 Å². The maximum atomic E-state index is 11.4. The third-order valence-electron chi connectivity index (χ3n) is 3.72. The van der Waals surface area contributed by atoms with Gasteiger partial charge in [-0.3, -0.25) is 4.79 Å². The topological polar surface area (TPSA) is 73.1 Å². The molecule has 0 heterocycles. The predicted molar refractivity (Wildman–Crippen MR) is 75.0 cm³/mol. The Morgan fingerprint density at radius 1 is 1.42 bits per heavy atom. The molecule has 0 aliphatic carbocycles. The zero-order chi connectivity index (χ0) is 14.5. The van der Waals surface area contributed by atoms with Crippen molar-refractivity contribution in [2.75, 3.05) is 11.9 Å². The predicted octanol–water partition coefficient (Wildman–Crippen LogP) is 3.17. The molecule has 2 N–H and O–H groups in total. The highest BCUT2D eigenvalue weighted by molar-refractivity contribution is 5.75. The lowest BCUT2D eigenvalue weighted by Gasteiger charge is -2.27. The molecule has 1 aromatic carbocycles. The highest BCUT2D eigenvalue weighted by atomic mass is 16.4. The van der Waals surface area contributed by atoms with Gasteiger partial charge >= 0.3 is 5.97 Å². The lowest BCUT2D eigenvalue weighted by Crippen LogP contribution is -2.37. The zero-order valence-corrected chi connectivity index (χ0v) is 11.7. The highest BCUT2D eigenvalue weighted by Gasteiger charge is 2.34. The SMILES string of the molecule is CCC(CC)(CNc1cc(C)ccc1C#N)C(=O)O. The molecule has 4 heteroatoms. The largest absolute Gasteiger partial charge is 0.481 e. The van der Waals surface area contributed by atoms with Gasteiger partial charge in [0.2, 0.25) is 0 Å². The van der Waals surface area contributed by atoms with Crippen LogP contribution in [0.2, 0.25) is 0 Å². The number of nitrogens with zero attached hydrogens (tertiary/aromatic N) is 1. The van der Waals surface area contributed by atoms with Crippen molar-refractivity contribution in [3.05, 3.63) is 29.3 Å². The van der Waals surface area contributed by atoms with Crippen LogP contribution in [0, 0.1) is 23.7 Å². The molecule has 0 bridgehead atoms. The van der Waals surface area contributed by atoms with Gasteiger partial charge in [-0.05, 0) is 37.5 Å². The Balaban J connectivity index is 2.95. The molecule has 102 valence electrons. The van der Waals surface area contributed by atoms with Gasteiger partial charge in [0, 0.05) is 6.54 Å². The molecule has 0 saturated heterocycles. The van der Waals surface area contributed by atoms with Gasteiger partial charge in [0.1, 0.15) is 6.07 Å². The summed E-state index contributed by atoms with van der Waals surface area (Å²) in [6.45, 7) is 6.02. The van der Waals surface area contributed by atoms with Crippen molar-refractivity contribution >= 4 is 11.7 Å². The minimum atomic E-state index is -0.795. The highest BCUT2D eigenvalue weighted by Crippen LogP contribution is 2.28. The van der Waals surface area contributed by atoms with Crippen LogP contribution in [0.1, 0.15) is 37.8 Å². The third-order valence-corrected chi connectivity index (χ3v) is 3.72. The minimum Gasteiger partial charge on any atom is -0.481 e. The smallest absolute Gasteiger partial charge is 0.311 e. The Kier molecular flexibility index (Phi) is 4.94. The van der Waals surface area contributed by atoms with E-state index >= 15 is 0 Å². The molecule has 4 nitrogen and oxygen atoms in total. The molecule has 0 aliphatic heterocycles. The lowest BCUT2D eigenvalue weighted by molar-refractivity contribution is -0.148. The summed E-state index contributed by atoms with van der Waals surface area (Å²) in [5, 5.41) is 21.6. The Morgan fingerprint density at radius 3 is 2.53 bits per heavy atom. The van der Waals surface area contributed by atoms with Gasteiger partial charge in [0.25, 0.3) is 0 Å². The van der Waals surface area contributed by atoms with Crippen LogP contribution < -0.4 is 5.32 Å². The standard InChI is InChI=1S/C15H20N2O2/c1-4-15(5-2,14(18)19)10-17-13-8-11(3)6-7-12(13)9-16/h6-8,17H,4-5,10H2,1-3H3,(H,18,19). The molecule has 0 radical (unpaired) electrons. The molecule has 0 saturated carbocycles. The van der Waals surface area contributed by atoms with Crippen LogP contribution in [0.4, 0.5) is 5.69 Å². The van der Waals surface area contributed by atoms with Gasteiger partial charge < -0.3 is 10.4 Å². The van der Waals surface area contributed by atoms with Gasteiger partial charge in [0.05, 0.1) is 16.7 Å². The summed E-state index contributed by atoms with van der Waals surface area (Å²) in [6, 6.07) is 7.60. The van der Waals surface area contributed by atoms with Crippen molar-refractivity contribution in [1.29, 1.82) is 5.26 Å². The molecule has 0 aliphatic rings. The van der Waals surface area contributed by atoms with Gasteiger partial charge in [0.15, 0.2) is 0 Å². The number of aryl methyl sites for hydroxylation is 1. The van der Waals surface area contributed by atoms with E-state index in [9.17, 15) is 9.90 Å². The average Bonchev–Trinajstić information content (AvgIpc) is 2.40. The maximum absolute atomic E-state index is 11.4. The van der Waals surface area contributed by atoms with E-state index in [0.717, 1.165) is 5.56 Å². The Morgan fingerprint density at radius 2 is 2.05 bits per heavy atom. The van der Waals surface area contributed by atoms with Gasteiger partial charge in [-0.1, -0.05) is 19.9 Å². The molecule has 1 aromatic rings. The summed E-state index contributed by atoms with van der Waals surface area (Å²) in [5.74, 6) is -0.795. The van der Waals surface area contributed by atoms with E-state index in [-0.39, 0.29) is 0 Å². The quantitative estimate of drug-likeness (QED) is 0.824. The summed E-state index contributed by atoms with van der Waals surface area (Å²) >= 11 is 0. The van der Waals surface area contributed by atoms with Gasteiger partial charge in [-0.25, -0.2) is 0 Å². The first-order valence-corrected chi connectivity index (χ1v) is 6.47. The van der Waals surface area contributed by atoms with Crippen LogP contribution >= 0.6 is 0 Å². The van der Waals surface area contributed by atoms with E-state index in [1.807, 2.05) is 32.9 Å². The molecule has 0 fully saturated rings. The van der Waals surface area contributed by atoms with Crippen molar-refractivity contribution in [3.63, 3.8) is 0 Å². The summed E-state index contributed by atoms with van der Waals surface area (Å²) in [7, 11) is 0. The maximum Gasteiger partial charge on any atom is 0.311 e. The minimum absolute atomic E-state index is 0.327. The first-order valence-electron chi connectivity index (χ1n) is 6.47. The Hall–Kier alpha value is -2.02. The van der Waals surface area contributed by atoms with E-state index < -0.39 is 11.4 Å². The fourth-order valence-corrected chi connectivity index (χ4v) is 2.04. The van der Waals surface area contributed by atoms with Crippen molar-refractivity contribution in [2.45, 2.75) is 33.6 Å². The first-order chi connectivity index (χ1) is 8.99. The summed E-state index contributed by atoms with van der Waals surface area (Å²) < 4.78 is 0. The number of carbonyl (C=O) groups is 1. The average molecular weight is 260 g/mol. The molecule has 19 heavy (non-hydrogen) atoms. The van der Waals surface area contributed by atoms with Crippen molar-refractivity contribution < 1.29 is 9.90 Å². The van der Waals surface area contributed by atoms with E-state index in [4.69, 9.17) is 5.26 Å². The van der Waals surface area contributed by atoms with Crippen LogP contribution in [-0.2, 0) is 4.79 Å². The molecular weight excluding hydrogens is 240 g/mol. The second kappa shape index (κ2) is 6.24. The first kappa shape index (κ1) is 15.0. The van der Waals surface area contributed by atoms with Crippen LogP contribution in [0.15, 0.2) is 18.2 Å². The number of anilines is 1. The summed E-state index contributed by atoms with van der Waals surface area (Å²) in [4.78, 5) is 11.4. The Labute approximate surface area is 114 Å². The number of carboxylic acid groups (broad SMARTS) is 1. The van der Waals surface area contributed by atoms with Crippen molar-refractivity contribution in [3.8, 4) is 6.07 Å². The summed E-state index contributed by atoms with van der Waals surface area (Å²) in [6.07, 6.45) is 1.11. The number of nitriles is 1. The van der Waals surface area contributed by atoms with Crippen LogP contribution in [0.25, 0.3) is 0 Å². The monoisotopic (exact) mass is 260 g/mol. The molecule has 0 amide bonds. The lowest BCUT2D eigenvalue weighted by atomic mass is 9.82. The van der Waals surface area contributed by atoms with E-state index in [2.05, 4.69) is 11.4 Å². The fourth-order valence-electron chi connectivity index (χ4n) is 2.04. The van der Waals surface area contributed by atoms with Gasteiger partial charge in [-0.15, -0.1) is 0 Å². The molecule has 0 spiro atoms. The number of nitrogens with one attached hydrogen (secondary N) is 1. The molecule has 0 atom stereocenters. The number of hydrogen-bond acceptors (Lipinski definition) is 3. The molecule has 0 unspecified atom stereocenters. The van der Waals surface area contributed by atoms with E-state index in [1.165, 1.54) is 0 Å². The van der Waals surface area contributed by atoms with Crippen molar-refractivity contribution in [2.24, 2.45) is 5.41 Å². The van der Waals surface area contributed by atoms with Crippen LogP contribution in [-0.4, -0.2) is 17.6 Å². The zero-order valence-electron chi connectivity index (χ0n) is 11.7. The van der Waals surface area contributed by atoms with Gasteiger partial charge in [-0.2, -0.15) is 5.26 Å². The number of hydrogen-bond donors (Lipinski definition) is 2. The number of benzene rings is 1.